The van der Waals surface area contributed by atoms with E-state index < -0.39 is 0 Å². The van der Waals surface area contributed by atoms with Crippen LogP contribution >= 0.6 is 23.3 Å². The first-order chi connectivity index (χ1) is 6.88. The third-order valence-corrected chi connectivity index (χ3v) is 3.43. The molecule has 1 aromatic heterocycles. The number of nitrogens with zero attached hydrogens (tertiary/aromatic N) is 2. The van der Waals surface area contributed by atoms with E-state index in [1.807, 2.05) is 24.3 Å². The van der Waals surface area contributed by atoms with Gasteiger partial charge in [0, 0.05) is 11.4 Å². The van der Waals surface area contributed by atoms with Crippen LogP contribution in [0, 0.1) is 0 Å². The molecular formula is C9H9N3S2. The average Bonchev–Trinajstić information content (AvgIpc) is 2.72. The number of hydrogen-bond acceptors (Lipinski definition) is 5. The van der Waals surface area contributed by atoms with Gasteiger partial charge in [-0.1, -0.05) is 23.9 Å². The van der Waals surface area contributed by atoms with E-state index in [9.17, 15) is 0 Å². The van der Waals surface area contributed by atoms with Crippen molar-refractivity contribution < 1.29 is 0 Å². The highest BCUT2D eigenvalue weighted by molar-refractivity contribution is 8.01. The van der Waals surface area contributed by atoms with Crippen molar-refractivity contribution in [1.82, 2.24) is 9.36 Å². The van der Waals surface area contributed by atoms with Gasteiger partial charge in [-0.2, -0.15) is 4.37 Å². The molecule has 0 atom stereocenters. The van der Waals surface area contributed by atoms with Crippen LogP contribution in [-0.4, -0.2) is 9.36 Å². The molecule has 1 heterocycles. The summed E-state index contributed by atoms with van der Waals surface area (Å²) in [5, 5.41) is 0. The van der Waals surface area contributed by atoms with E-state index in [1.165, 1.54) is 16.4 Å². The van der Waals surface area contributed by atoms with Crippen LogP contribution in [-0.2, 0) is 6.54 Å². The molecule has 2 N–H and O–H groups in total. The highest BCUT2D eigenvalue weighted by atomic mass is 32.2. The Morgan fingerprint density at radius 3 is 2.64 bits per heavy atom. The molecule has 0 unspecified atom stereocenters. The highest BCUT2D eigenvalue weighted by Crippen LogP contribution is 2.27. The summed E-state index contributed by atoms with van der Waals surface area (Å²) >= 11 is 3.02. The molecule has 0 spiro atoms. The SMILES string of the molecule is NCc1ccc(Sc2ncns2)cc1. The average molecular weight is 223 g/mol. The van der Waals surface area contributed by atoms with E-state index in [1.54, 1.807) is 18.1 Å². The zero-order chi connectivity index (χ0) is 9.80. The lowest BCUT2D eigenvalue weighted by molar-refractivity contribution is 1.07. The summed E-state index contributed by atoms with van der Waals surface area (Å²) in [6, 6.07) is 8.16. The van der Waals surface area contributed by atoms with Crippen molar-refractivity contribution in [1.29, 1.82) is 0 Å². The van der Waals surface area contributed by atoms with Gasteiger partial charge in [0.05, 0.1) is 0 Å². The highest BCUT2D eigenvalue weighted by Gasteiger charge is 1.99. The number of benzene rings is 1. The minimum absolute atomic E-state index is 0.587. The minimum Gasteiger partial charge on any atom is -0.326 e. The van der Waals surface area contributed by atoms with Crippen molar-refractivity contribution in [2.24, 2.45) is 5.73 Å². The molecule has 0 bridgehead atoms. The van der Waals surface area contributed by atoms with Crippen LogP contribution in [0.25, 0.3) is 0 Å². The van der Waals surface area contributed by atoms with E-state index in [4.69, 9.17) is 5.73 Å². The Kier molecular flexibility index (Phi) is 3.13. The number of nitrogens with two attached hydrogens (primary N) is 1. The number of rotatable bonds is 3. The molecule has 3 nitrogen and oxygen atoms in total. The van der Waals surface area contributed by atoms with E-state index in [2.05, 4.69) is 9.36 Å². The topological polar surface area (TPSA) is 51.8 Å². The zero-order valence-corrected chi connectivity index (χ0v) is 9.02. The Labute approximate surface area is 90.5 Å². The smallest absolute Gasteiger partial charge is 0.174 e. The number of aromatic nitrogens is 2. The standard InChI is InChI=1S/C9H9N3S2/c10-5-7-1-3-8(4-2-7)13-9-11-6-12-14-9/h1-4,6H,5,10H2. The van der Waals surface area contributed by atoms with Gasteiger partial charge in [-0.05, 0) is 29.2 Å². The summed E-state index contributed by atoms with van der Waals surface area (Å²) in [4.78, 5) is 5.27. The summed E-state index contributed by atoms with van der Waals surface area (Å²) in [6.07, 6.45) is 1.57. The second-order valence-corrected chi connectivity index (χ2v) is 4.76. The third kappa shape index (κ3) is 2.31. The Morgan fingerprint density at radius 2 is 2.07 bits per heavy atom. The monoisotopic (exact) mass is 223 g/mol. The lowest BCUT2D eigenvalue weighted by Crippen LogP contribution is -1.94. The molecule has 14 heavy (non-hydrogen) atoms. The summed E-state index contributed by atoms with van der Waals surface area (Å²) in [5.41, 5.74) is 6.65. The van der Waals surface area contributed by atoms with Crippen LogP contribution in [0.1, 0.15) is 5.56 Å². The molecule has 0 aliphatic rings. The fourth-order valence-electron chi connectivity index (χ4n) is 1.00. The van der Waals surface area contributed by atoms with Crippen LogP contribution in [0.3, 0.4) is 0 Å². The first kappa shape index (κ1) is 9.64. The first-order valence-electron chi connectivity index (χ1n) is 4.12. The van der Waals surface area contributed by atoms with Crippen molar-refractivity contribution in [3.63, 3.8) is 0 Å². The third-order valence-electron chi connectivity index (χ3n) is 1.71. The van der Waals surface area contributed by atoms with Crippen LogP contribution < -0.4 is 5.73 Å². The second kappa shape index (κ2) is 4.54. The molecule has 2 rings (SSSR count). The van der Waals surface area contributed by atoms with Gasteiger partial charge in [0.15, 0.2) is 4.34 Å². The van der Waals surface area contributed by atoms with Gasteiger partial charge in [-0.3, -0.25) is 0 Å². The lowest BCUT2D eigenvalue weighted by Gasteiger charge is -1.98. The van der Waals surface area contributed by atoms with Gasteiger partial charge < -0.3 is 5.73 Å². The predicted molar refractivity (Wildman–Crippen MR) is 58.4 cm³/mol. The summed E-state index contributed by atoms with van der Waals surface area (Å²) in [7, 11) is 0. The van der Waals surface area contributed by atoms with E-state index in [0.29, 0.717) is 6.54 Å². The fraction of sp³-hybridized carbons (Fsp3) is 0.111. The van der Waals surface area contributed by atoms with Gasteiger partial charge in [-0.25, -0.2) is 4.98 Å². The normalized spacial score (nSPS) is 10.4. The van der Waals surface area contributed by atoms with Crippen molar-refractivity contribution in [2.45, 2.75) is 15.8 Å². The van der Waals surface area contributed by atoms with Crippen molar-refractivity contribution in [2.75, 3.05) is 0 Å². The van der Waals surface area contributed by atoms with Gasteiger partial charge >= 0.3 is 0 Å². The van der Waals surface area contributed by atoms with E-state index in [-0.39, 0.29) is 0 Å². The molecule has 72 valence electrons. The molecule has 2 aromatic rings. The van der Waals surface area contributed by atoms with Crippen molar-refractivity contribution in [3.8, 4) is 0 Å². The van der Waals surface area contributed by atoms with Crippen molar-refractivity contribution in [3.05, 3.63) is 36.2 Å². The largest absolute Gasteiger partial charge is 0.326 e. The summed E-state index contributed by atoms with van der Waals surface area (Å²) < 4.78 is 4.91. The Morgan fingerprint density at radius 1 is 1.29 bits per heavy atom. The molecule has 0 aliphatic carbocycles. The zero-order valence-electron chi connectivity index (χ0n) is 7.38. The molecule has 1 aromatic carbocycles. The predicted octanol–water partition coefficient (Wildman–Crippen LogP) is 2.15. The molecular weight excluding hydrogens is 214 g/mol. The molecule has 0 saturated carbocycles. The second-order valence-electron chi connectivity index (χ2n) is 2.66. The van der Waals surface area contributed by atoms with Gasteiger partial charge in [0.2, 0.25) is 0 Å². The van der Waals surface area contributed by atoms with Gasteiger partial charge in [-0.15, -0.1) is 0 Å². The first-order valence-corrected chi connectivity index (χ1v) is 5.71. The lowest BCUT2D eigenvalue weighted by atomic mass is 10.2. The quantitative estimate of drug-likeness (QED) is 0.866. The summed E-state index contributed by atoms with van der Waals surface area (Å²) in [6.45, 7) is 0.587. The molecule has 0 amide bonds. The van der Waals surface area contributed by atoms with Crippen LogP contribution in [0.2, 0.25) is 0 Å². The Hall–Kier alpha value is -0.910. The molecule has 0 aliphatic heterocycles. The summed E-state index contributed by atoms with van der Waals surface area (Å²) in [5.74, 6) is 0. The Bertz CT molecular complexity index is 383. The molecule has 0 radical (unpaired) electrons. The minimum atomic E-state index is 0.587. The van der Waals surface area contributed by atoms with E-state index >= 15 is 0 Å². The van der Waals surface area contributed by atoms with E-state index in [0.717, 1.165) is 9.90 Å². The number of hydrogen-bond donors (Lipinski definition) is 1. The molecule has 0 fully saturated rings. The molecule has 0 saturated heterocycles. The Balaban J connectivity index is 2.10. The maximum absolute atomic E-state index is 5.51. The molecule has 5 heteroatoms. The fourth-order valence-corrected chi connectivity index (χ4v) is 2.42. The van der Waals surface area contributed by atoms with Crippen LogP contribution in [0.15, 0.2) is 39.8 Å². The maximum atomic E-state index is 5.51. The van der Waals surface area contributed by atoms with Crippen molar-refractivity contribution >= 4 is 23.3 Å². The van der Waals surface area contributed by atoms with Gasteiger partial charge in [0.25, 0.3) is 0 Å². The van der Waals surface area contributed by atoms with Crippen LogP contribution in [0.4, 0.5) is 0 Å². The maximum Gasteiger partial charge on any atom is 0.174 e. The van der Waals surface area contributed by atoms with Crippen LogP contribution in [0.5, 0.6) is 0 Å². The van der Waals surface area contributed by atoms with Gasteiger partial charge in [0.1, 0.15) is 6.33 Å².